The van der Waals surface area contributed by atoms with Crippen molar-refractivity contribution < 1.29 is 13.2 Å². The van der Waals surface area contributed by atoms with Crippen LogP contribution in [-0.4, -0.2) is 23.7 Å². The van der Waals surface area contributed by atoms with Gasteiger partial charge in [-0.3, -0.25) is 4.79 Å². The van der Waals surface area contributed by atoms with E-state index in [0.717, 1.165) is 0 Å². The maximum Gasteiger partial charge on any atom is 0.197 e. The number of rotatable bonds is 6. The predicted octanol–water partition coefficient (Wildman–Crippen LogP) is 6.48. The van der Waals surface area contributed by atoms with Crippen molar-refractivity contribution in [3.63, 3.8) is 0 Å². The van der Waals surface area contributed by atoms with Crippen molar-refractivity contribution in [2.75, 3.05) is 5.75 Å². The molecule has 0 aromatic heterocycles. The van der Waals surface area contributed by atoms with Crippen molar-refractivity contribution >= 4 is 85.2 Å². The monoisotopic (exact) mass is 506 g/mol. The molecule has 3 nitrogen and oxygen atoms in total. The number of carbonyl (C=O) groups excluding carboxylic acids is 1. The predicted molar refractivity (Wildman–Crippen MR) is 113 cm³/mol. The van der Waals surface area contributed by atoms with Crippen LogP contribution in [0.25, 0.3) is 0 Å². The van der Waals surface area contributed by atoms with Crippen LogP contribution in [0.5, 0.6) is 0 Å². The number of Topliss-reactive ketones (excluding diaryl/α,β-unsaturated/α-hetero) is 1. The van der Waals surface area contributed by atoms with Gasteiger partial charge in [-0.15, -0.1) is 0 Å². The van der Waals surface area contributed by atoms with Crippen molar-refractivity contribution in [3.8, 4) is 0 Å². The van der Waals surface area contributed by atoms with Crippen LogP contribution < -0.4 is 0 Å². The van der Waals surface area contributed by atoms with Crippen LogP contribution in [0.2, 0.25) is 15.1 Å². The van der Waals surface area contributed by atoms with E-state index < -0.39 is 36.8 Å². The number of ketones is 1. The molecule has 2 rings (SSSR count). The topological polar surface area (TPSA) is 51.2 Å². The van der Waals surface area contributed by atoms with Gasteiger partial charge < -0.3 is 0 Å². The summed E-state index contributed by atoms with van der Waals surface area (Å²) in [4.78, 5) is 12.1. The highest BCUT2D eigenvalue weighted by molar-refractivity contribution is 7.92. The summed E-state index contributed by atoms with van der Waals surface area (Å²) in [6.45, 7) is 0. The summed E-state index contributed by atoms with van der Waals surface area (Å²) in [6, 6.07) is 10.7. The third-order valence-corrected chi connectivity index (χ3v) is 6.92. The average Bonchev–Trinajstić information content (AvgIpc) is 2.50. The van der Waals surface area contributed by atoms with Gasteiger partial charge >= 0.3 is 0 Å². The highest BCUT2D eigenvalue weighted by atomic mass is 35.6. The molecule has 0 amide bonds. The number of hydrogen-bond donors (Lipinski definition) is 0. The summed E-state index contributed by atoms with van der Waals surface area (Å²) in [5.74, 6) is -1.51. The van der Waals surface area contributed by atoms with E-state index in [1.165, 1.54) is 18.2 Å². The van der Waals surface area contributed by atoms with E-state index in [-0.39, 0.29) is 10.0 Å². The third kappa shape index (κ3) is 6.67. The second-order valence-corrected chi connectivity index (χ2v) is 11.6. The zero-order valence-electron chi connectivity index (χ0n) is 13.4. The molecule has 0 fully saturated rings. The first-order valence-corrected chi connectivity index (χ1v) is 11.4. The lowest BCUT2D eigenvalue weighted by Crippen LogP contribution is -2.25. The molecule has 0 spiro atoms. The molecule has 10 heteroatoms. The van der Waals surface area contributed by atoms with Crippen molar-refractivity contribution in [2.24, 2.45) is 0 Å². The Hall–Kier alpha value is -0.200. The number of benzene rings is 2. The van der Waals surface area contributed by atoms with Crippen LogP contribution in [0.15, 0.2) is 42.5 Å². The minimum absolute atomic E-state index is 0.191. The fourth-order valence-corrected chi connectivity index (χ4v) is 5.23. The molecule has 0 saturated carbocycles. The molecule has 0 aliphatic rings. The normalized spacial score (nSPS) is 13.4. The Bertz CT molecular complexity index is 936. The van der Waals surface area contributed by atoms with Gasteiger partial charge in [0.25, 0.3) is 0 Å². The van der Waals surface area contributed by atoms with Crippen LogP contribution in [0.3, 0.4) is 0 Å². The molecule has 0 N–H and O–H groups in total. The van der Waals surface area contributed by atoms with Gasteiger partial charge in [0.05, 0.1) is 16.5 Å². The van der Waals surface area contributed by atoms with E-state index >= 15 is 0 Å². The highest BCUT2D eigenvalue weighted by Gasteiger charge is 2.34. The Morgan fingerprint density at radius 1 is 0.889 bits per heavy atom. The molecule has 27 heavy (non-hydrogen) atoms. The lowest BCUT2D eigenvalue weighted by molar-refractivity contribution is -0.116. The number of alkyl halides is 3. The Balaban J connectivity index is 2.49. The number of hydrogen-bond acceptors (Lipinski definition) is 3. The number of carbonyl (C=O) groups is 1. The van der Waals surface area contributed by atoms with E-state index in [9.17, 15) is 13.2 Å². The molecule has 0 radical (unpaired) electrons. The standard InChI is InChI=1S/C17H12Cl6O3S/c18-12-4-1-10(2-5-12)16(11-3-6-14(19)15(20)7-11)27(25,26)9-13(24)8-17(21,22)23/h1-7,16H,8-9H2. The second-order valence-electron chi connectivity index (χ2n) is 5.74. The van der Waals surface area contributed by atoms with E-state index in [2.05, 4.69) is 0 Å². The molecule has 0 aliphatic carbocycles. The van der Waals surface area contributed by atoms with Crippen LogP contribution >= 0.6 is 69.6 Å². The first kappa shape index (κ1) is 23.1. The zero-order valence-corrected chi connectivity index (χ0v) is 18.8. The van der Waals surface area contributed by atoms with Gasteiger partial charge in [0.1, 0.15) is 11.0 Å². The first-order chi connectivity index (χ1) is 12.4. The fourth-order valence-electron chi connectivity index (χ4n) is 2.50. The van der Waals surface area contributed by atoms with Gasteiger partial charge in [0, 0.05) is 5.02 Å². The number of halogens is 6. The molecule has 1 unspecified atom stereocenters. The van der Waals surface area contributed by atoms with Crippen molar-refractivity contribution in [1.29, 1.82) is 0 Å². The summed E-state index contributed by atoms with van der Waals surface area (Å²) in [6.07, 6.45) is -0.522. The van der Waals surface area contributed by atoms with Gasteiger partial charge in [-0.25, -0.2) is 8.42 Å². The maximum atomic E-state index is 13.0. The zero-order chi connectivity index (χ0) is 20.4. The minimum Gasteiger partial charge on any atom is -0.298 e. The second kappa shape index (κ2) is 9.08. The Morgan fingerprint density at radius 2 is 1.44 bits per heavy atom. The Morgan fingerprint density at radius 3 is 1.96 bits per heavy atom. The molecule has 0 bridgehead atoms. The van der Waals surface area contributed by atoms with Crippen molar-refractivity contribution in [1.82, 2.24) is 0 Å². The molecule has 0 heterocycles. The quantitative estimate of drug-likeness (QED) is 0.419. The van der Waals surface area contributed by atoms with Crippen LogP contribution in [0.1, 0.15) is 22.8 Å². The molecule has 0 saturated heterocycles. The summed E-state index contributed by atoms with van der Waals surface area (Å²) in [7, 11) is -4.01. The van der Waals surface area contributed by atoms with Gasteiger partial charge in [0.2, 0.25) is 0 Å². The lowest BCUT2D eigenvalue weighted by Gasteiger charge is -2.20. The molecule has 1 atom stereocenters. The minimum atomic E-state index is -4.01. The van der Waals surface area contributed by atoms with Crippen LogP contribution in [0.4, 0.5) is 0 Å². The molecule has 146 valence electrons. The molecule has 2 aromatic carbocycles. The molecular formula is C17H12Cl6O3S. The van der Waals surface area contributed by atoms with E-state index in [4.69, 9.17) is 69.6 Å². The van der Waals surface area contributed by atoms with E-state index in [1.54, 1.807) is 24.3 Å². The van der Waals surface area contributed by atoms with Crippen molar-refractivity contribution in [3.05, 3.63) is 68.7 Å². The fraction of sp³-hybridized carbons (Fsp3) is 0.235. The summed E-state index contributed by atoms with van der Waals surface area (Å²) < 4.78 is 24.2. The van der Waals surface area contributed by atoms with Gasteiger partial charge in [-0.05, 0) is 35.4 Å². The molecule has 0 aliphatic heterocycles. The average molecular weight is 509 g/mol. The highest BCUT2D eigenvalue weighted by Crippen LogP contribution is 2.36. The van der Waals surface area contributed by atoms with Gasteiger partial charge in [-0.1, -0.05) is 87.8 Å². The van der Waals surface area contributed by atoms with E-state index in [0.29, 0.717) is 16.1 Å². The molecular weight excluding hydrogens is 497 g/mol. The third-order valence-electron chi connectivity index (χ3n) is 3.54. The maximum absolute atomic E-state index is 13.0. The smallest absolute Gasteiger partial charge is 0.197 e. The van der Waals surface area contributed by atoms with E-state index in [1.807, 2.05) is 0 Å². The first-order valence-electron chi connectivity index (χ1n) is 7.39. The van der Waals surface area contributed by atoms with Gasteiger partial charge in [0.15, 0.2) is 19.4 Å². The van der Waals surface area contributed by atoms with Gasteiger partial charge in [-0.2, -0.15) is 0 Å². The summed E-state index contributed by atoms with van der Waals surface area (Å²) in [5, 5.41) is -0.254. The Labute approximate surface area is 187 Å². The van der Waals surface area contributed by atoms with Crippen LogP contribution in [0, 0.1) is 0 Å². The SMILES string of the molecule is O=C(CC(Cl)(Cl)Cl)CS(=O)(=O)C(c1ccc(Cl)cc1)c1ccc(Cl)c(Cl)c1. The molecule has 2 aromatic rings. The van der Waals surface area contributed by atoms with Crippen molar-refractivity contribution in [2.45, 2.75) is 15.5 Å². The Kier molecular flexibility index (Phi) is 7.76. The number of sulfone groups is 1. The van der Waals surface area contributed by atoms with Crippen LogP contribution in [-0.2, 0) is 14.6 Å². The summed E-state index contributed by atoms with van der Waals surface area (Å²) >= 11 is 34.6. The lowest BCUT2D eigenvalue weighted by atomic mass is 10.0. The summed E-state index contributed by atoms with van der Waals surface area (Å²) in [5.41, 5.74) is 0.771. The largest absolute Gasteiger partial charge is 0.298 e.